The minimum Gasteiger partial charge on any atom is -0.477 e. The van der Waals surface area contributed by atoms with E-state index in [2.05, 4.69) is 0 Å². The minimum atomic E-state index is -1.14. The van der Waals surface area contributed by atoms with Crippen LogP contribution in [0.1, 0.15) is 34.5 Å². The van der Waals surface area contributed by atoms with Crippen LogP contribution in [0.2, 0.25) is 0 Å². The molecule has 0 aliphatic heterocycles. The van der Waals surface area contributed by atoms with Gasteiger partial charge in [-0.1, -0.05) is 0 Å². The molecule has 0 saturated carbocycles. The van der Waals surface area contributed by atoms with Crippen molar-refractivity contribution in [3.8, 4) is 0 Å². The number of carboxylic acids is 1. The van der Waals surface area contributed by atoms with Crippen molar-refractivity contribution in [3.63, 3.8) is 0 Å². The summed E-state index contributed by atoms with van der Waals surface area (Å²) in [5.74, 6) is -1.14. The molecule has 0 radical (unpaired) electrons. The molecule has 0 bridgehead atoms. The first-order valence-corrected chi connectivity index (χ1v) is 5.06. The third-order valence-electron chi connectivity index (χ3n) is 2.94. The summed E-state index contributed by atoms with van der Waals surface area (Å²) in [6.45, 7) is 0. The first-order valence-electron chi connectivity index (χ1n) is 5.06. The molecule has 0 unspecified atom stereocenters. The second-order valence-electron chi connectivity index (χ2n) is 3.92. The van der Waals surface area contributed by atoms with Crippen LogP contribution in [0.15, 0.2) is 11.0 Å². The summed E-state index contributed by atoms with van der Waals surface area (Å²) in [4.78, 5) is 22.7. The molecule has 4 heteroatoms. The Kier molecular flexibility index (Phi) is 2.34. The van der Waals surface area contributed by atoms with Gasteiger partial charge in [-0.05, 0) is 25.7 Å². The Labute approximate surface area is 87.2 Å². The molecule has 1 aliphatic carbocycles. The molecule has 1 N–H and O–H groups in total. The van der Waals surface area contributed by atoms with E-state index in [1.807, 2.05) is 0 Å². The average molecular weight is 207 g/mol. The number of rotatable bonds is 1. The molecule has 1 aliphatic rings. The molecule has 2 rings (SSSR count). The topological polar surface area (TPSA) is 59.3 Å². The van der Waals surface area contributed by atoms with Crippen molar-refractivity contribution >= 4 is 5.97 Å². The molecule has 0 aromatic carbocycles. The molecule has 0 fully saturated rings. The fraction of sp³-hybridized carbons (Fsp3) is 0.455. The van der Waals surface area contributed by atoms with Gasteiger partial charge < -0.3 is 9.67 Å². The number of nitrogens with zero attached hydrogens (tertiary/aromatic N) is 1. The van der Waals surface area contributed by atoms with E-state index in [-0.39, 0.29) is 11.0 Å². The van der Waals surface area contributed by atoms with Gasteiger partial charge in [-0.15, -0.1) is 0 Å². The quantitative estimate of drug-likeness (QED) is 0.746. The molecule has 0 spiro atoms. The van der Waals surface area contributed by atoms with Crippen molar-refractivity contribution in [2.75, 3.05) is 0 Å². The molecule has 0 saturated heterocycles. The maximum Gasteiger partial charge on any atom is 0.341 e. The van der Waals surface area contributed by atoms with Gasteiger partial charge in [0.05, 0.1) is 0 Å². The summed E-state index contributed by atoms with van der Waals surface area (Å²) in [7, 11) is 1.80. The van der Waals surface area contributed by atoms with E-state index in [9.17, 15) is 9.59 Å². The van der Waals surface area contributed by atoms with Gasteiger partial charge in [0.25, 0.3) is 0 Å². The van der Waals surface area contributed by atoms with Crippen LogP contribution in [-0.4, -0.2) is 15.6 Å². The first kappa shape index (κ1) is 9.96. The van der Waals surface area contributed by atoms with Crippen LogP contribution in [0.3, 0.4) is 0 Å². The summed E-state index contributed by atoms with van der Waals surface area (Å²) < 4.78 is 1.78. The summed E-state index contributed by atoms with van der Waals surface area (Å²) in [6.07, 6.45) is 5.07. The summed E-state index contributed by atoms with van der Waals surface area (Å²) >= 11 is 0. The van der Waals surface area contributed by atoms with E-state index >= 15 is 0 Å². The van der Waals surface area contributed by atoms with Gasteiger partial charge in [0.15, 0.2) is 5.43 Å². The Bertz CT molecular complexity index is 473. The molecular weight excluding hydrogens is 194 g/mol. The number of fused-ring (bicyclic) bond motifs is 1. The van der Waals surface area contributed by atoms with E-state index in [0.717, 1.165) is 25.0 Å². The number of hydrogen-bond acceptors (Lipinski definition) is 2. The van der Waals surface area contributed by atoms with E-state index < -0.39 is 5.97 Å². The lowest BCUT2D eigenvalue weighted by Crippen LogP contribution is -2.26. The fourth-order valence-corrected chi connectivity index (χ4v) is 2.17. The molecule has 1 heterocycles. The zero-order valence-electron chi connectivity index (χ0n) is 8.62. The van der Waals surface area contributed by atoms with Crippen LogP contribution >= 0.6 is 0 Å². The lowest BCUT2D eigenvalue weighted by molar-refractivity contribution is 0.0694. The number of pyridine rings is 1. The van der Waals surface area contributed by atoms with Gasteiger partial charge in [0, 0.05) is 24.5 Å². The van der Waals surface area contributed by atoms with Gasteiger partial charge in [-0.2, -0.15) is 0 Å². The van der Waals surface area contributed by atoms with Crippen LogP contribution in [0, 0.1) is 0 Å². The Morgan fingerprint density at radius 2 is 2.07 bits per heavy atom. The maximum atomic E-state index is 11.8. The summed E-state index contributed by atoms with van der Waals surface area (Å²) in [5.41, 5.74) is 1.29. The molecule has 0 amide bonds. The fourth-order valence-electron chi connectivity index (χ4n) is 2.17. The monoisotopic (exact) mass is 207 g/mol. The largest absolute Gasteiger partial charge is 0.477 e. The van der Waals surface area contributed by atoms with Gasteiger partial charge in [0.1, 0.15) is 5.56 Å². The van der Waals surface area contributed by atoms with E-state index in [1.54, 1.807) is 11.6 Å². The maximum absolute atomic E-state index is 11.8. The Hall–Kier alpha value is -1.58. The average Bonchev–Trinajstić information content (AvgIpc) is 2.23. The highest BCUT2D eigenvalue weighted by Gasteiger charge is 2.19. The van der Waals surface area contributed by atoms with Crippen molar-refractivity contribution in [1.82, 2.24) is 4.57 Å². The van der Waals surface area contributed by atoms with Crippen molar-refractivity contribution in [3.05, 3.63) is 33.2 Å². The highest BCUT2D eigenvalue weighted by molar-refractivity contribution is 5.87. The van der Waals surface area contributed by atoms with Crippen LogP contribution in [0.4, 0.5) is 0 Å². The second kappa shape index (κ2) is 3.53. The van der Waals surface area contributed by atoms with Crippen LogP contribution in [0.5, 0.6) is 0 Å². The van der Waals surface area contributed by atoms with Crippen LogP contribution < -0.4 is 5.43 Å². The van der Waals surface area contributed by atoms with Gasteiger partial charge >= 0.3 is 5.97 Å². The van der Waals surface area contributed by atoms with Gasteiger partial charge in [-0.25, -0.2) is 4.79 Å². The smallest absolute Gasteiger partial charge is 0.341 e. The molecular formula is C11H13NO3. The lowest BCUT2D eigenvalue weighted by Gasteiger charge is -2.19. The Morgan fingerprint density at radius 3 is 2.73 bits per heavy atom. The zero-order valence-corrected chi connectivity index (χ0v) is 8.62. The van der Waals surface area contributed by atoms with E-state index in [1.165, 1.54) is 6.20 Å². The van der Waals surface area contributed by atoms with Crippen molar-refractivity contribution in [2.24, 2.45) is 7.05 Å². The predicted molar refractivity (Wildman–Crippen MR) is 55.3 cm³/mol. The zero-order chi connectivity index (χ0) is 11.0. The highest BCUT2D eigenvalue weighted by atomic mass is 16.4. The lowest BCUT2D eigenvalue weighted by atomic mass is 9.94. The predicted octanol–water partition coefficient (Wildman–Crippen LogP) is 0.962. The molecule has 15 heavy (non-hydrogen) atoms. The van der Waals surface area contributed by atoms with E-state index in [0.29, 0.717) is 12.0 Å². The van der Waals surface area contributed by atoms with Crippen LogP contribution in [-0.2, 0) is 19.9 Å². The highest BCUT2D eigenvalue weighted by Crippen LogP contribution is 2.18. The van der Waals surface area contributed by atoms with Crippen molar-refractivity contribution in [1.29, 1.82) is 0 Å². The summed E-state index contributed by atoms with van der Waals surface area (Å²) in [5, 5.41) is 8.88. The van der Waals surface area contributed by atoms with Gasteiger partial charge in [0.2, 0.25) is 0 Å². The van der Waals surface area contributed by atoms with Crippen molar-refractivity contribution < 1.29 is 9.90 Å². The summed E-state index contributed by atoms with van der Waals surface area (Å²) in [6, 6.07) is 0. The van der Waals surface area contributed by atoms with Gasteiger partial charge in [-0.3, -0.25) is 4.79 Å². The third-order valence-corrected chi connectivity index (χ3v) is 2.94. The number of aromatic nitrogens is 1. The SMILES string of the molecule is Cn1cc(C(=O)O)c(=O)c2c1CCCC2. The van der Waals surface area contributed by atoms with E-state index in [4.69, 9.17) is 5.11 Å². The Balaban J connectivity index is 2.70. The number of aryl methyl sites for hydroxylation is 1. The number of carbonyl (C=O) groups is 1. The first-order chi connectivity index (χ1) is 7.11. The standard InChI is InChI=1S/C11H13NO3/c1-12-6-8(11(14)15)10(13)7-4-2-3-5-9(7)12/h6H,2-5H2,1H3,(H,14,15). The Morgan fingerprint density at radius 1 is 1.40 bits per heavy atom. The molecule has 0 atom stereocenters. The van der Waals surface area contributed by atoms with Crippen molar-refractivity contribution in [2.45, 2.75) is 25.7 Å². The minimum absolute atomic E-state index is 0.113. The molecule has 1 aromatic rings. The molecule has 4 nitrogen and oxygen atoms in total. The second-order valence-corrected chi connectivity index (χ2v) is 3.92. The number of hydrogen-bond donors (Lipinski definition) is 1. The number of aromatic carboxylic acids is 1. The molecule has 80 valence electrons. The normalized spacial score (nSPS) is 14.7. The third kappa shape index (κ3) is 1.56. The van der Waals surface area contributed by atoms with Crippen LogP contribution in [0.25, 0.3) is 0 Å². The molecule has 1 aromatic heterocycles. The number of carboxylic acid groups (broad SMARTS) is 1.